The molecule has 2 rings (SSSR count). The van der Waals surface area contributed by atoms with Crippen LogP contribution < -0.4 is 5.46 Å². The largest absolute Gasteiger partial charge is 0.488 e. The predicted octanol–water partition coefficient (Wildman–Crippen LogP) is 0.349. The highest BCUT2D eigenvalue weighted by molar-refractivity contribution is 6.58. The number of ketones is 1. The Hall–Kier alpha value is -1.13. The summed E-state index contributed by atoms with van der Waals surface area (Å²) in [6.45, 7) is 0. The van der Waals surface area contributed by atoms with Crippen LogP contribution in [0.25, 0.3) is 0 Å². The molecule has 0 unspecified atom stereocenters. The van der Waals surface area contributed by atoms with Crippen molar-refractivity contribution in [3.05, 3.63) is 29.8 Å². The molecule has 15 heavy (non-hydrogen) atoms. The van der Waals surface area contributed by atoms with Crippen molar-refractivity contribution in [3.63, 3.8) is 0 Å². The van der Waals surface area contributed by atoms with E-state index in [0.717, 1.165) is 12.8 Å². The summed E-state index contributed by atoms with van der Waals surface area (Å²) in [5.74, 6) is 0.653. The van der Waals surface area contributed by atoms with Crippen molar-refractivity contribution < 1.29 is 14.8 Å². The zero-order valence-corrected chi connectivity index (χ0v) is 8.39. The number of hydrogen-bond donors (Lipinski definition) is 2. The minimum Gasteiger partial charge on any atom is -0.423 e. The molecule has 0 atom stereocenters. The van der Waals surface area contributed by atoms with Gasteiger partial charge in [0.05, 0.1) is 0 Å². The Labute approximate surface area is 88.9 Å². The zero-order chi connectivity index (χ0) is 10.8. The molecule has 0 bridgehead atoms. The van der Waals surface area contributed by atoms with E-state index in [-0.39, 0.29) is 5.78 Å². The van der Waals surface area contributed by atoms with Gasteiger partial charge >= 0.3 is 7.12 Å². The van der Waals surface area contributed by atoms with Gasteiger partial charge < -0.3 is 10.0 Å². The molecule has 0 aliphatic heterocycles. The lowest BCUT2D eigenvalue weighted by atomic mass is 9.79. The maximum absolute atomic E-state index is 11.7. The number of carbonyl (C=O) groups is 1. The molecule has 1 aromatic rings. The molecule has 0 radical (unpaired) electrons. The summed E-state index contributed by atoms with van der Waals surface area (Å²) in [5.41, 5.74) is 0.948. The van der Waals surface area contributed by atoms with E-state index >= 15 is 0 Å². The van der Waals surface area contributed by atoms with Gasteiger partial charge in [-0.2, -0.15) is 0 Å². The molecule has 0 aromatic heterocycles. The summed E-state index contributed by atoms with van der Waals surface area (Å²) < 4.78 is 0. The minimum atomic E-state index is -1.50. The van der Waals surface area contributed by atoms with Gasteiger partial charge in [0.15, 0.2) is 5.78 Å². The first-order chi connectivity index (χ1) is 7.16. The Kier molecular flexibility index (Phi) is 2.89. The third-order valence-electron chi connectivity index (χ3n) is 2.68. The molecule has 1 aliphatic rings. The molecule has 0 heterocycles. The summed E-state index contributed by atoms with van der Waals surface area (Å²) in [6, 6.07) is 6.54. The van der Waals surface area contributed by atoms with E-state index in [9.17, 15) is 4.79 Å². The van der Waals surface area contributed by atoms with Crippen LogP contribution >= 0.6 is 0 Å². The molecule has 3 nitrogen and oxygen atoms in total. The molecular formula is C11H13BO3. The molecule has 78 valence electrons. The van der Waals surface area contributed by atoms with Crippen LogP contribution in [0.3, 0.4) is 0 Å². The van der Waals surface area contributed by atoms with Gasteiger partial charge in [-0.1, -0.05) is 24.3 Å². The molecule has 0 amide bonds. The Morgan fingerprint density at radius 1 is 1.40 bits per heavy atom. The summed E-state index contributed by atoms with van der Waals surface area (Å²) in [7, 11) is -1.50. The van der Waals surface area contributed by atoms with E-state index < -0.39 is 7.12 Å². The van der Waals surface area contributed by atoms with Crippen molar-refractivity contribution in [2.45, 2.75) is 19.3 Å². The van der Waals surface area contributed by atoms with E-state index in [4.69, 9.17) is 10.0 Å². The van der Waals surface area contributed by atoms with Crippen molar-refractivity contribution in [1.82, 2.24) is 0 Å². The van der Waals surface area contributed by atoms with Crippen LogP contribution in [0, 0.1) is 5.92 Å². The van der Waals surface area contributed by atoms with Gasteiger partial charge in [-0.3, -0.25) is 4.79 Å². The molecule has 0 spiro atoms. The number of carbonyl (C=O) groups excluding carboxylic acids is 1. The maximum atomic E-state index is 11.7. The zero-order valence-electron chi connectivity index (χ0n) is 8.39. The molecular weight excluding hydrogens is 191 g/mol. The molecule has 1 aliphatic carbocycles. The number of rotatable bonds is 4. The Morgan fingerprint density at radius 2 is 2.13 bits per heavy atom. The van der Waals surface area contributed by atoms with Gasteiger partial charge in [0.1, 0.15) is 0 Å². The lowest BCUT2D eigenvalue weighted by molar-refractivity contribution is 0.0976. The number of hydrogen-bond acceptors (Lipinski definition) is 3. The predicted molar refractivity (Wildman–Crippen MR) is 57.9 cm³/mol. The van der Waals surface area contributed by atoms with Crippen molar-refractivity contribution in [2.75, 3.05) is 0 Å². The lowest BCUT2D eigenvalue weighted by Crippen LogP contribution is -2.30. The van der Waals surface area contributed by atoms with Crippen LogP contribution in [0.5, 0.6) is 0 Å². The second-order valence-corrected chi connectivity index (χ2v) is 4.07. The fourth-order valence-corrected chi connectivity index (χ4v) is 1.57. The van der Waals surface area contributed by atoms with Crippen LogP contribution in [-0.4, -0.2) is 22.9 Å². The van der Waals surface area contributed by atoms with E-state index in [1.54, 1.807) is 24.3 Å². The lowest BCUT2D eigenvalue weighted by Gasteiger charge is -2.03. The number of benzene rings is 1. The molecule has 1 saturated carbocycles. The molecule has 2 N–H and O–H groups in total. The Morgan fingerprint density at radius 3 is 2.73 bits per heavy atom. The standard InChI is InChI=1S/C11H13BO3/c13-11(6-8-4-5-8)9-2-1-3-10(7-9)12(14)15/h1-3,7-8,14-15H,4-6H2. The van der Waals surface area contributed by atoms with Crippen molar-refractivity contribution >= 4 is 18.4 Å². The summed E-state index contributed by atoms with van der Waals surface area (Å²) in [6.07, 6.45) is 2.88. The first-order valence-corrected chi connectivity index (χ1v) is 5.16. The average Bonchev–Trinajstić information content (AvgIpc) is 3.02. The second-order valence-electron chi connectivity index (χ2n) is 4.07. The van der Waals surface area contributed by atoms with E-state index in [2.05, 4.69) is 0 Å². The van der Waals surface area contributed by atoms with Crippen molar-refractivity contribution in [3.8, 4) is 0 Å². The van der Waals surface area contributed by atoms with E-state index in [1.807, 2.05) is 0 Å². The first-order valence-electron chi connectivity index (χ1n) is 5.16. The second kappa shape index (κ2) is 4.17. The van der Waals surface area contributed by atoms with Crippen LogP contribution in [0.4, 0.5) is 0 Å². The maximum Gasteiger partial charge on any atom is 0.488 e. The molecule has 0 saturated heterocycles. The third-order valence-corrected chi connectivity index (χ3v) is 2.68. The van der Waals surface area contributed by atoms with E-state index in [1.165, 1.54) is 0 Å². The first kappa shape index (κ1) is 10.4. The van der Waals surface area contributed by atoms with Crippen molar-refractivity contribution in [2.24, 2.45) is 5.92 Å². The highest BCUT2D eigenvalue weighted by Gasteiger charge is 2.25. The van der Waals surface area contributed by atoms with Crippen LogP contribution in [0.2, 0.25) is 0 Å². The summed E-state index contributed by atoms with van der Waals surface area (Å²) >= 11 is 0. The van der Waals surface area contributed by atoms with Gasteiger partial charge in [-0.15, -0.1) is 0 Å². The fraction of sp³-hybridized carbons (Fsp3) is 0.364. The van der Waals surface area contributed by atoms with Gasteiger partial charge in [0.25, 0.3) is 0 Å². The van der Waals surface area contributed by atoms with Crippen LogP contribution in [-0.2, 0) is 0 Å². The smallest absolute Gasteiger partial charge is 0.423 e. The summed E-state index contributed by atoms with van der Waals surface area (Å²) in [4.78, 5) is 11.7. The van der Waals surface area contributed by atoms with Crippen LogP contribution in [0.1, 0.15) is 29.6 Å². The average molecular weight is 204 g/mol. The highest BCUT2D eigenvalue weighted by atomic mass is 16.4. The van der Waals surface area contributed by atoms with Gasteiger partial charge in [0.2, 0.25) is 0 Å². The normalized spacial score (nSPS) is 15.1. The summed E-state index contributed by atoms with van der Waals surface area (Å²) in [5, 5.41) is 17.9. The highest BCUT2D eigenvalue weighted by Crippen LogP contribution is 2.33. The van der Waals surface area contributed by atoms with Gasteiger partial charge in [0, 0.05) is 12.0 Å². The molecule has 1 aromatic carbocycles. The van der Waals surface area contributed by atoms with Crippen LogP contribution in [0.15, 0.2) is 24.3 Å². The van der Waals surface area contributed by atoms with E-state index in [0.29, 0.717) is 23.4 Å². The van der Waals surface area contributed by atoms with Crippen molar-refractivity contribution in [1.29, 1.82) is 0 Å². The topological polar surface area (TPSA) is 57.5 Å². The van der Waals surface area contributed by atoms with Gasteiger partial charge in [-0.25, -0.2) is 0 Å². The fourth-order valence-electron chi connectivity index (χ4n) is 1.57. The Balaban J connectivity index is 2.12. The quantitative estimate of drug-likeness (QED) is 0.549. The van der Waals surface area contributed by atoms with Gasteiger partial charge in [-0.05, 0) is 24.2 Å². The molecule has 4 heteroatoms. The number of Topliss-reactive ketones (excluding diaryl/α,β-unsaturated/α-hetero) is 1. The Bertz CT molecular complexity index is 372. The molecule has 1 fully saturated rings. The minimum absolute atomic E-state index is 0.0972. The third kappa shape index (κ3) is 2.67. The monoisotopic (exact) mass is 204 g/mol. The SMILES string of the molecule is O=C(CC1CC1)c1cccc(B(O)O)c1.